The third-order valence-corrected chi connectivity index (χ3v) is 6.34. The summed E-state index contributed by atoms with van der Waals surface area (Å²) in [7, 11) is 0. The Kier molecular flexibility index (Phi) is 6.06. The number of benzene rings is 1. The molecule has 7 nitrogen and oxygen atoms in total. The summed E-state index contributed by atoms with van der Waals surface area (Å²) in [5.41, 5.74) is 1.21. The second-order valence-corrected chi connectivity index (χ2v) is 8.30. The van der Waals surface area contributed by atoms with Gasteiger partial charge in [-0.15, -0.1) is 0 Å². The highest BCUT2D eigenvalue weighted by Gasteiger charge is 2.49. The summed E-state index contributed by atoms with van der Waals surface area (Å²) < 4.78 is 0. The third kappa shape index (κ3) is 4.41. The van der Waals surface area contributed by atoms with Crippen LogP contribution in [0.4, 0.5) is 4.79 Å². The van der Waals surface area contributed by atoms with Crippen LogP contribution in [-0.2, 0) is 9.59 Å². The van der Waals surface area contributed by atoms with Crippen molar-refractivity contribution in [3.05, 3.63) is 42.0 Å². The minimum atomic E-state index is -0.644. The number of piperazine rings is 1. The van der Waals surface area contributed by atoms with E-state index in [2.05, 4.69) is 24.3 Å². The zero-order chi connectivity index (χ0) is 20.2. The molecular formula is C22H30N4O3+2. The first kappa shape index (κ1) is 19.8. The van der Waals surface area contributed by atoms with E-state index < -0.39 is 17.8 Å². The average Bonchev–Trinajstić information content (AvgIpc) is 3.33. The minimum absolute atomic E-state index is 0.0864. The van der Waals surface area contributed by atoms with Crippen molar-refractivity contribution in [2.45, 2.75) is 31.7 Å². The molecule has 1 aromatic rings. The topological polar surface area (TPSA) is 66.6 Å². The maximum Gasteiger partial charge on any atom is 0.338 e. The second kappa shape index (κ2) is 8.88. The van der Waals surface area contributed by atoms with Crippen molar-refractivity contribution in [1.29, 1.82) is 0 Å². The first-order chi connectivity index (χ1) is 14.1. The van der Waals surface area contributed by atoms with Gasteiger partial charge in [0, 0.05) is 6.04 Å². The van der Waals surface area contributed by atoms with Crippen LogP contribution in [-0.4, -0.2) is 73.1 Å². The molecule has 3 aliphatic rings. The number of carbonyl (C=O) groups excluding carboxylic acids is 3. The monoisotopic (exact) mass is 398 g/mol. The number of hydrogen-bond acceptors (Lipinski definition) is 3. The summed E-state index contributed by atoms with van der Waals surface area (Å²) in [6, 6.07) is 9.78. The lowest BCUT2D eigenvalue weighted by molar-refractivity contribution is -1.01. The molecule has 0 aromatic heterocycles. The van der Waals surface area contributed by atoms with Crippen molar-refractivity contribution in [1.82, 2.24) is 9.80 Å². The Hall–Kier alpha value is -2.51. The van der Waals surface area contributed by atoms with E-state index in [1.54, 1.807) is 0 Å². The molecule has 2 N–H and O–H groups in total. The molecule has 0 spiro atoms. The fourth-order valence-electron chi connectivity index (χ4n) is 4.61. The molecule has 7 heteroatoms. The fraction of sp³-hybridized carbons (Fsp3) is 0.500. The molecule has 154 valence electrons. The van der Waals surface area contributed by atoms with Gasteiger partial charge in [-0.3, -0.25) is 14.5 Å². The van der Waals surface area contributed by atoms with Crippen LogP contribution < -0.4 is 9.80 Å². The molecule has 0 atom stereocenters. The van der Waals surface area contributed by atoms with Crippen molar-refractivity contribution in [3.63, 3.8) is 0 Å². The highest BCUT2D eigenvalue weighted by Crippen LogP contribution is 2.27. The number of imide groups is 2. The zero-order valence-corrected chi connectivity index (χ0v) is 16.8. The van der Waals surface area contributed by atoms with Gasteiger partial charge in [0.2, 0.25) is 0 Å². The molecule has 2 aliphatic heterocycles. The van der Waals surface area contributed by atoms with Crippen LogP contribution in [0.1, 0.15) is 31.2 Å². The summed E-state index contributed by atoms with van der Waals surface area (Å²) in [5.74, 6) is -1.27. The Morgan fingerprint density at radius 1 is 0.897 bits per heavy atom. The molecule has 0 unspecified atom stereocenters. The Bertz CT molecular complexity index is 781. The van der Waals surface area contributed by atoms with Crippen molar-refractivity contribution in [2.75, 3.05) is 39.4 Å². The lowest BCUT2D eigenvalue weighted by Crippen LogP contribution is -3.28. The van der Waals surface area contributed by atoms with Gasteiger partial charge < -0.3 is 9.80 Å². The van der Waals surface area contributed by atoms with E-state index in [0.717, 1.165) is 58.4 Å². The van der Waals surface area contributed by atoms with E-state index in [1.807, 2.05) is 18.2 Å². The number of rotatable bonds is 6. The maximum absolute atomic E-state index is 12.7. The third-order valence-electron chi connectivity index (χ3n) is 6.34. The van der Waals surface area contributed by atoms with Gasteiger partial charge in [0.05, 0.1) is 6.54 Å². The molecule has 2 saturated heterocycles. The van der Waals surface area contributed by atoms with Crippen molar-refractivity contribution >= 4 is 23.9 Å². The van der Waals surface area contributed by atoms with Gasteiger partial charge >= 0.3 is 17.8 Å². The lowest BCUT2D eigenvalue weighted by Gasteiger charge is -2.30. The quantitative estimate of drug-likeness (QED) is 0.486. The molecular weight excluding hydrogens is 368 g/mol. The summed E-state index contributed by atoms with van der Waals surface area (Å²) in [5, 5.41) is 0. The number of urea groups is 1. The van der Waals surface area contributed by atoms with Crippen LogP contribution in [0.3, 0.4) is 0 Å². The van der Waals surface area contributed by atoms with E-state index in [-0.39, 0.29) is 6.04 Å². The van der Waals surface area contributed by atoms with Gasteiger partial charge in [-0.2, -0.15) is 0 Å². The molecule has 1 aromatic carbocycles. The van der Waals surface area contributed by atoms with Crippen LogP contribution in [0.2, 0.25) is 0 Å². The first-order valence-electron chi connectivity index (χ1n) is 10.7. The van der Waals surface area contributed by atoms with Crippen LogP contribution in [0.15, 0.2) is 36.4 Å². The molecule has 4 amide bonds. The summed E-state index contributed by atoms with van der Waals surface area (Å²) in [6.07, 6.45) is 8.04. The summed E-state index contributed by atoms with van der Waals surface area (Å²) >= 11 is 0. The van der Waals surface area contributed by atoms with E-state index in [1.165, 1.54) is 25.2 Å². The Labute approximate surface area is 171 Å². The number of nitrogens with zero attached hydrogens (tertiary/aromatic N) is 2. The number of amides is 4. The number of nitrogens with one attached hydrogen (secondary N) is 2. The Morgan fingerprint density at radius 2 is 1.55 bits per heavy atom. The number of quaternary nitrogens is 2. The molecule has 4 rings (SSSR count). The average molecular weight is 399 g/mol. The largest absolute Gasteiger partial charge is 0.338 e. The van der Waals surface area contributed by atoms with Gasteiger partial charge in [-0.25, -0.2) is 9.69 Å². The van der Waals surface area contributed by atoms with Crippen LogP contribution in [0.5, 0.6) is 0 Å². The predicted molar refractivity (Wildman–Crippen MR) is 108 cm³/mol. The minimum Gasteiger partial charge on any atom is -0.322 e. The molecule has 1 aliphatic carbocycles. The lowest BCUT2D eigenvalue weighted by atomic mass is 10.2. The highest BCUT2D eigenvalue weighted by atomic mass is 16.2. The molecule has 1 saturated carbocycles. The molecule has 3 fully saturated rings. The Morgan fingerprint density at radius 3 is 2.24 bits per heavy atom. The first-order valence-corrected chi connectivity index (χ1v) is 10.7. The van der Waals surface area contributed by atoms with Crippen molar-refractivity contribution in [2.24, 2.45) is 0 Å². The SMILES string of the molecule is O=C1C(=O)N(C2CCCC2)C(=O)N1C[NH+]1CC[NH+](C/C=C/c2ccccc2)CC1. The van der Waals surface area contributed by atoms with Crippen LogP contribution in [0.25, 0.3) is 6.08 Å². The van der Waals surface area contributed by atoms with Crippen molar-refractivity contribution in [3.8, 4) is 0 Å². The summed E-state index contributed by atoms with van der Waals surface area (Å²) in [6.45, 7) is 5.04. The standard InChI is InChI=1S/C22H28N4O3/c27-20-21(28)26(19-10-4-5-11-19)22(29)25(20)17-24-15-13-23(14-16-24)12-6-9-18-7-2-1-3-8-18/h1-3,6-9,19H,4-5,10-17H2/p+2/b9-6+. The van der Waals surface area contributed by atoms with Gasteiger partial charge in [0.1, 0.15) is 26.2 Å². The maximum atomic E-state index is 12.7. The number of carbonyl (C=O) groups is 3. The smallest absolute Gasteiger partial charge is 0.322 e. The summed E-state index contributed by atoms with van der Waals surface area (Å²) in [4.78, 5) is 42.5. The van der Waals surface area contributed by atoms with Gasteiger partial charge in [0.25, 0.3) is 0 Å². The zero-order valence-electron chi connectivity index (χ0n) is 16.8. The van der Waals surface area contributed by atoms with Crippen LogP contribution in [0, 0.1) is 0 Å². The molecule has 0 radical (unpaired) electrons. The molecule has 29 heavy (non-hydrogen) atoms. The van der Waals surface area contributed by atoms with Crippen molar-refractivity contribution < 1.29 is 24.2 Å². The van der Waals surface area contributed by atoms with E-state index in [9.17, 15) is 14.4 Å². The second-order valence-electron chi connectivity index (χ2n) is 8.30. The van der Waals surface area contributed by atoms with E-state index in [4.69, 9.17) is 0 Å². The highest BCUT2D eigenvalue weighted by molar-refractivity contribution is 6.44. The van der Waals surface area contributed by atoms with Gasteiger partial charge in [-0.1, -0.05) is 49.2 Å². The van der Waals surface area contributed by atoms with Gasteiger partial charge in [-0.05, 0) is 24.5 Å². The van der Waals surface area contributed by atoms with E-state index in [0.29, 0.717) is 6.67 Å². The molecule has 2 heterocycles. The normalized spacial score (nSPS) is 26.3. The number of hydrogen-bond donors (Lipinski definition) is 2. The van der Waals surface area contributed by atoms with E-state index >= 15 is 0 Å². The van der Waals surface area contributed by atoms with Gasteiger partial charge in [0.15, 0.2) is 6.67 Å². The fourth-order valence-corrected chi connectivity index (χ4v) is 4.61. The molecule has 0 bridgehead atoms. The predicted octanol–water partition coefficient (Wildman–Crippen LogP) is -0.826. The Balaban J connectivity index is 1.26. The van der Waals surface area contributed by atoms with Crippen LogP contribution >= 0.6 is 0 Å².